The van der Waals surface area contributed by atoms with Crippen LogP contribution in [0.2, 0.25) is 0 Å². The van der Waals surface area contributed by atoms with Crippen LogP contribution in [0, 0.1) is 0 Å². The predicted molar refractivity (Wildman–Crippen MR) is 89.0 cm³/mol. The van der Waals surface area contributed by atoms with E-state index in [2.05, 4.69) is 9.72 Å². The van der Waals surface area contributed by atoms with E-state index in [0.29, 0.717) is 11.3 Å². The Morgan fingerprint density at radius 1 is 1.29 bits per heavy atom. The van der Waals surface area contributed by atoms with E-state index in [9.17, 15) is 9.59 Å². The van der Waals surface area contributed by atoms with Crippen molar-refractivity contribution in [3.05, 3.63) is 51.6 Å². The van der Waals surface area contributed by atoms with Crippen LogP contribution < -0.4 is 0 Å². The van der Waals surface area contributed by atoms with Gasteiger partial charge in [-0.3, -0.25) is 4.79 Å². The van der Waals surface area contributed by atoms with Crippen molar-refractivity contribution in [2.75, 3.05) is 7.11 Å². The molecule has 3 rings (SSSR count). The number of hydrogen-bond donors (Lipinski definition) is 0. The molecular formula is C16H13NO5S2. The fourth-order valence-corrected chi connectivity index (χ4v) is 3.52. The summed E-state index contributed by atoms with van der Waals surface area (Å²) in [5, 5.41) is 6.70. The predicted octanol–water partition coefficient (Wildman–Crippen LogP) is 3.54. The summed E-state index contributed by atoms with van der Waals surface area (Å²) in [6.45, 7) is -0.0543. The highest BCUT2D eigenvalue weighted by atomic mass is 32.1. The molecule has 0 aliphatic heterocycles. The van der Waals surface area contributed by atoms with Crippen LogP contribution in [0.25, 0.3) is 10.6 Å². The summed E-state index contributed by atoms with van der Waals surface area (Å²) in [6, 6.07) is 3.55. The number of thiazole rings is 1. The molecule has 0 spiro atoms. The molecule has 0 aromatic carbocycles. The van der Waals surface area contributed by atoms with Gasteiger partial charge in [-0.15, -0.1) is 11.3 Å². The molecule has 0 atom stereocenters. The van der Waals surface area contributed by atoms with E-state index in [1.807, 2.05) is 22.2 Å². The van der Waals surface area contributed by atoms with Crippen LogP contribution in [-0.4, -0.2) is 24.0 Å². The Bertz CT molecular complexity index is 834. The van der Waals surface area contributed by atoms with Gasteiger partial charge in [0.15, 0.2) is 0 Å². The van der Waals surface area contributed by atoms with Crippen molar-refractivity contribution < 1.29 is 23.5 Å². The summed E-state index contributed by atoms with van der Waals surface area (Å²) in [5.74, 6) is -0.987. The second-order valence-electron chi connectivity index (χ2n) is 4.76. The van der Waals surface area contributed by atoms with Crippen molar-refractivity contribution in [2.45, 2.75) is 13.0 Å². The third-order valence-corrected chi connectivity index (χ3v) is 4.77. The quantitative estimate of drug-likeness (QED) is 0.623. The fourth-order valence-electron chi connectivity index (χ4n) is 1.99. The minimum Gasteiger partial charge on any atom is -0.463 e. The lowest BCUT2D eigenvalue weighted by Crippen LogP contribution is -2.10. The molecule has 3 aromatic rings. The number of hydrogen-bond acceptors (Lipinski definition) is 8. The van der Waals surface area contributed by atoms with E-state index in [0.717, 1.165) is 10.6 Å². The summed E-state index contributed by atoms with van der Waals surface area (Å²) < 4.78 is 14.8. The molecular weight excluding hydrogens is 350 g/mol. The zero-order valence-electron chi connectivity index (χ0n) is 12.7. The van der Waals surface area contributed by atoms with E-state index in [1.165, 1.54) is 24.7 Å². The first-order valence-electron chi connectivity index (χ1n) is 6.94. The van der Waals surface area contributed by atoms with Gasteiger partial charge in [-0.1, -0.05) is 0 Å². The third-order valence-electron chi connectivity index (χ3n) is 3.15. The Balaban J connectivity index is 1.57. The first-order chi connectivity index (χ1) is 11.7. The normalized spacial score (nSPS) is 10.5. The molecule has 0 radical (unpaired) electrons. The molecule has 0 saturated heterocycles. The van der Waals surface area contributed by atoms with Crippen LogP contribution in [0.5, 0.6) is 0 Å². The summed E-state index contributed by atoms with van der Waals surface area (Å²) >= 11 is 3.08. The average molecular weight is 363 g/mol. The maximum absolute atomic E-state index is 12.0. The summed E-state index contributed by atoms with van der Waals surface area (Å²) in [7, 11) is 1.26. The number of methoxy groups -OCH3 is 1. The highest BCUT2D eigenvalue weighted by Gasteiger charge is 2.17. The van der Waals surface area contributed by atoms with Crippen LogP contribution in [-0.2, 0) is 27.3 Å². The second-order valence-corrected chi connectivity index (χ2v) is 6.40. The van der Waals surface area contributed by atoms with Crippen LogP contribution in [0.4, 0.5) is 0 Å². The van der Waals surface area contributed by atoms with Gasteiger partial charge in [-0.25, -0.2) is 9.78 Å². The van der Waals surface area contributed by atoms with Crippen molar-refractivity contribution in [1.82, 2.24) is 4.98 Å². The highest BCUT2D eigenvalue weighted by Crippen LogP contribution is 2.26. The Morgan fingerprint density at radius 2 is 2.17 bits per heavy atom. The van der Waals surface area contributed by atoms with Gasteiger partial charge >= 0.3 is 11.9 Å². The summed E-state index contributed by atoms with van der Waals surface area (Å²) in [6.07, 6.45) is 1.43. The van der Waals surface area contributed by atoms with Crippen molar-refractivity contribution >= 4 is 34.6 Å². The first-order valence-corrected chi connectivity index (χ1v) is 8.77. The van der Waals surface area contributed by atoms with Gasteiger partial charge in [0.25, 0.3) is 0 Å². The van der Waals surface area contributed by atoms with Gasteiger partial charge in [-0.2, -0.15) is 11.3 Å². The lowest BCUT2D eigenvalue weighted by molar-refractivity contribution is -0.144. The number of carbonyl (C=O) groups is 2. The number of furan rings is 1. The van der Waals surface area contributed by atoms with Crippen molar-refractivity contribution in [3.63, 3.8) is 0 Å². The maximum Gasteiger partial charge on any atom is 0.374 e. The smallest absolute Gasteiger partial charge is 0.374 e. The number of carbonyl (C=O) groups excluding carboxylic acids is 2. The zero-order valence-corrected chi connectivity index (χ0v) is 14.3. The summed E-state index contributed by atoms with van der Waals surface area (Å²) in [5.41, 5.74) is 2.17. The Kier molecular flexibility index (Phi) is 5.07. The van der Waals surface area contributed by atoms with Crippen molar-refractivity contribution in [1.29, 1.82) is 0 Å². The SMILES string of the molecule is COC(=O)c1occc1COC(=O)Cc1csc(-c2ccsc2)n1. The average Bonchev–Trinajstić information content (AvgIpc) is 3.32. The third kappa shape index (κ3) is 3.72. The molecule has 0 unspecified atom stereocenters. The molecule has 0 aliphatic rings. The van der Waals surface area contributed by atoms with E-state index in [4.69, 9.17) is 9.15 Å². The zero-order chi connectivity index (χ0) is 16.9. The van der Waals surface area contributed by atoms with Crippen LogP contribution in [0.1, 0.15) is 21.8 Å². The summed E-state index contributed by atoms with van der Waals surface area (Å²) in [4.78, 5) is 27.9. The number of thiophene rings is 1. The molecule has 3 aromatic heterocycles. The van der Waals surface area contributed by atoms with Gasteiger partial charge in [0.1, 0.15) is 11.6 Å². The van der Waals surface area contributed by atoms with Gasteiger partial charge in [0.05, 0.1) is 25.5 Å². The Hall–Kier alpha value is -2.45. The maximum atomic E-state index is 12.0. The van der Waals surface area contributed by atoms with Crippen molar-refractivity contribution in [2.24, 2.45) is 0 Å². The van der Waals surface area contributed by atoms with Gasteiger partial charge in [0.2, 0.25) is 5.76 Å². The highest BCUT2D eigenvalue weighted by molar-refractivity contribution is 7.14. The van der Waals surface area contributed by atoms with E-state index >= 15 is 0 Å². The number of ether oxygens (including phenoxy) is 2. The number of nitrogens with zero attached hydrogens (tertiary/aromatic N) is 1. The second kappa shape index (κ2) is 7.41. The molecule has 8 heteroatoms. The molecule has 0 saturated carbocycles. The lowest BCUT2D eigenvalue weighted by atomic mass is 10.2. The molecule has 3 heterocycles. The molecule has 0 fully saturated rings. The number of esters is 2. The molecule has 24 heavy (non-hydrogen) atoms. The molecule has 0 bridgehead atoms. The van der Waals surface area contributed by atoms with Crippen LogP contribution in [0.3, 0.4) is 0 Å². The fraction of sp³-hybridized carbons (Fsp3) is 0.188. The van der Waals surface area contributed by atoms with Gasteiger partial charge in [0, 0.05) is 21.9 Å². The Morgan fingerprint density at radius 3 is 2.92 bits per heavy atom. The van der Waals surface area contributed by atoms with Crippen LogP contribution in [0.15, 0.2) is 39.0 Å². The van der Waals surface area contributed by atoms with E-state index in [-0.39, 0.29) is 18.8 Å². The monoisotopic (exact) mass is 363 g/mol. The molecule has 0 amide bonds. The van der Waals surface area contributed by atoms with Gasteiger partial charge < -0.3 is 13.9 Å². The molecule has 6 nitrogen and oxygen atoms in total. The topological polar surface area (TPSA) is 78.6 Å². The molecule has 0 N–H and O–H groups in total. The van der Waals surface area contributed by atoms with Gasteiger partial charge in [-0.05, 0) is 17.5 Å². The largest absolute Gasteiger partial charge is 0.463 e. The molecule has 124 valence electrons. The number of rotatable bonds is 6. The Labute approximate surface area is 145 Å². The van der Waals surface area contributed by atoms with Crippen LogP contribution >= 0.6 is 22.7 Å². The lowest BCUT2D eigenvalue weighted by Gasteiger charge is -2.03. The number of aromatic nitrogens is 1. The molecule has 0 aliphatic carbocycles. The van der Waals surface area contributed by atoms with Crippen molar-refractivity contribution in [3.8, 4) is 10.6 Å². The first kappa shape index (κ1) is 16.4. The van der Waals surface area contributed by atoms with E-state index in [1.54, 1.807) is 17.4 Å². The minimum absolute atomic E-state index is 0.0405. The van der Waals surface area contributed by atoms with E-state index < -0.39 is 11.9 Å². The standard InChI is InChI=1S/C16H13NO5S2/c1-20-16(19)14-10(2-4-21-14)7-22-13(18)6-12-9-24-15(17-12)11-3-5-23-8-11/h2-5,8-9H,6-7H2,1H3. The minimum atomic E-state index is -0.606.